The molecule has 0 aliphatic carbocycles. The van der Waals surface area contributed by atoms with Gasteiger partial charge in [0, 0.05) is 24.7 Å². The predicted octanol–water partition coefficient (Wildman–Crippen LogP) is 4.79. The maximum absolute atomic E-state index is 13.1. The molecule has 0 saturated carbocycles. The van der Waals surface area contributed by atoms with Gasteiger partial charge in [-0.05, 0) is 35.4 Å². The SMILES string of the molecule is CN(C)C(=O)Cc1ccc(NC(=O)C(Sc2ccccc2)c2ccccc2)cc1. The maximum Gasteiger partial charge on any atom is 0.242 e. The Bertz CT molecular complexity index is 942. The number of anilines is 1. The molecule has 0 saturated heterocycles. The summed E-state index contributed by atoms with van der Waals surface area (Å²) in [5, 5.41) is 2.64. The number of thioether (sulfide) groups is 1. The van der Waals surface area contributed by atoms with Crippen molar-refractivity contribution in [3.63, 3.8) is 0 Å². The van der Waals surface area contributed by atoms with Gasteiger partial charge in [-0.2, -0.15) is 0 Å². The van der Waals surface area contributed by atoms with Crippen LogP contribution in [0.4, 0.5) is 5.69 Å². The van der Waals surface area contributed by atoms with Crippen molar-refractivity contribution in [2.45, 2.75) is 16.6 Å². The fourth-order valence-electron chi connectivity index (χ4n) is 2.78. The standard InChI is InChI=1S/C24H24N2O2S/c1-26(2)22(27)17-18-13-15-20(16-14-18)25-24(28)23(19-9-5-3-6-10-19)29-21-11-7-4-8-12-21/h3-16,23H,17H2,1-2H3,(H,25,28). The van der Waals surface area contributed by atoms with E-state index in [1.807, 2.05) is 84.9 Å². The van der Waals surface area contributed by atoms with Crippen molar-refractivity contribution in [2.75, 3.05) is 19.4 Å². The topological polar surface area (TPSA) is 49.4 Å². The van der Waals surface area contributed by atoms with Crippen LogP contribution < -0.4 is 5.32 Å². The predicted molar refractivity (Wildman–Crippen MR) is 119 cm³/mol. The van der Waals surface area contributed by atoms with Gasteiger partial charge in [0.05, 0.1) is 6.42 Å². The summed E-state index contributed by atoms with van der Waals surface area (Å²) >= 11 is 1.52. The van der Waals surface area contributed by atoms with Gasteiger partial charge in [-0.3, -0.25) is 9.59 Å². The first-order chi connectivity index (χ1) is 14.0. The number of hydrogen-bond acceptors (Lipinski definition) is 3. The van der Waals surface area contributed by atoms with Crippen molar-refractivity contribution in [3.8, 4) is 0 Å². The van der Waals surface area contributed by atoms with Crippen molar-refractivity contribution in [1.82, 2.24) is 4.90 Å². The lowest BCUT2D eigenvalue weighted by Gasteiger charge is -2.17. The van der Waals surface area contributed by atoms with Gasteiger partial charge in [0.15, 0.2) is 0 Å². The minimum absolute atomic E-state index is 0.0465. The smallest absolute Gasteiger partial charge is 0.242 e. The summed E-state index contributed by atoms with van der Waals surface area (Å²) in [6, 6.07) is 27.1. The fraction of sp³-hybridized carbons (Fsp3) is 0.167. The average molecular weight is 405 g/mol. The van der Waals surface area contributed by atoms with E-state index in [4.69, 9.17) is 0 Å². The number of hydrogen-bond donors (Lipinski definition) is 1. The number of nitrogens with one attached hydrogen (secondary N) is 1. The summed E-state index contributed by atoms with van der Waals surface area (Å²) in [7, 11) is 3.48. The molecule has 3 aromatic rings. The molecule has 2 amide bonds. The van der Waals surface area contributed by atoms with E-state index in [0.29, 0.717) is 12.1 Å². The van der Waals surface area contributed by atoms with Crippen molar-refractivity contribution in [2.24, 2.45) is 0 Å². The van der Waals surface area contributed by atoms with Gasteiger partial charge in [0.25, 0.3) is 0 Å². The second-order valence-electron chi connectivity index (χ2n) is 6.87. The number of amides is 2. The number of likely N-dealkylation sites (N-methyl/N-ethyl adjacent to an activating group) is 1. The number of nitrogens with zero attached hydrogens (tertiary/aromatic N) is 1. The Hall–Kier alpha value is -3.05. The molecule has 3 rings (SSSR count). The molecular weight excluding hydrogens is 380 g/mol. The van der Waals surface area contributed by atoms with E-state index in [2.05, 4.69) is 5.32 Å². The number of rotatable bonds is 7. The van der Waals surface area contributed by atoms with Crippen molar-refractivity contribution >= 4 is 29.3 Å². The molecule has 0 aromatic heterocycles. The van der Waals surface area contributed by atoms with E-state index in [9.17, 15) is 9.59 Å². The average Bonchev–Trinajstić information content (AvgIpc) is 2.74. The summed E-state index contributed by atoms with van der Waals surface area (Å²) in [5.74, 6) is -0.0349. The van der Waals surface area contributed by atoms with Crippen LogP contribution in [0.25, 0.3) is 0 Å². The molecule has 0 fully saturated rings. The molecule has 5 heteroatoms. The van der Waals surface area contributed by atoms with Crippen LogP contribution in [0.1, 0.15) is 16.4 Å². The second kappa shape index (κ2) is 9.94. The monoisotopic (exact) mass is 404 g/mol. The molecule has 0 radical (unpaired) electrons. The van der Waals surface area contributed by atoms with Crippen molar-refractivity contribution in [1.29, 1.82) is 0 Å². The molecule has 0 spiro atoms. The Morgan fingerprint density at radius 1 is 0.862 bits per heavy atom. The maximum atomic E-state index is 13.1. The largest absolute Gasteiger partial charge is 0.349 e. The van der Waals surface area contributed by atoms with Gasteiger partial charge in [0.1, 0.15) is 5.25 Å². The highest BCUT2D eigenvalue weighted by atomic mass is 32.2. The highest BCUT2D eigenvalue weighted by molar-refractivity contribution is 8.00. The molecular formula is C24H24N2O2S. The third-order valence-electron chi connectivity index (χ3n) is 4.41. The minimum Gasteiger partial charge on any atom is -0.349 e. The molecule has 3 aromatic carbocycles. The third kappa shape index (κ3) is 5.96. The van der Waals surface area contributed by atoms with Gasteiger partial charge >= 0.3 is 0 Å². The van der Waals surface area contributed by atoms with E-state index >= 15 is 0 Å². The molecule has 1 atom stereocenters. The van der Waals surface area contributed by atoms with E-state index in [1.54, 1.807) is 19.0 Å². The van der Waals surface area contributed by atoms with Crippen LogP contribution >= 0.6 is 11.8 Å². The summed E-state index contributed by atoms with van der Waals surface area (Å²) in [4.78, 5) is 27.5. The number of carbonyl (C=O) groups is 2. The summed E-state index contributed by atoms with van der Waals surface area (Å²) < 4.78 is 0. The van der Waals surface area contributed by atoms with E-state index < -0.39 is 0 Å². The van der Waals surface area contributed by atoms with Gasteiger partial charge in [-0.25, -0.2) is 0 Å². The molecule has 4 nitrogen and oxygen atoms in total. The number of carbonyl (C=O) groups excluding carboxylic acids is 2. The van der Waals surface area contributed by atoms with E-state index in [0.717, 1.165) is 16.0 Å². The Labute approximate surface area is 175 Å². The Morgan fingerprint density at radius 2 is 1.45 bits per heavy atom. The van der Waals surface area contributed by atoms with Gasteiger partial charge < -0.3 is 10.2 Å². The highest BCUT2D eigenvalue weighted by Crippen LogP contribution is 2.36. The minimum atomic E-state index is -0.367. The first-order valence-electron chi connectivity index (χ1n) is 9.39. The van der Waals surface area contributed by atoms with Crippen LogP contribution in [0.15, 0.2) is 89.8 Å². The zero-order valence-electron chi connectivity index (χ0n) is 16.5. The van der Waals surface area contributed by atoms with E-state index in [1.165, 1.54) is 11.8 Å². The van der Waals surface area contributed by atoms with Gasteiger partial charge in [-0.15, -0.1) is 11.8 Å². The van der Waals surface area contributed by atoms with E-state index in [-0.39, 0.29) is 17.1 Å². The first-order valence-corrected chi connectivity index (χ1v) is 10.3. The van der Waals surface area contributed by atoms with Crippen LogP contribution in [0.5, 0.6) is 0 Å². The quantitative estimate of drug-likeness (QED) is 0.576. The lowest BCUT2D eigenvalue weighted by Crippen LogP contribution is -2.23. The summed E-state index contributed by atoms with van der Waals surface area (Å²) in [5.41, 5.74) is 2.58. The Balaban J connectivity index is 1.73. The lowest BCUT2D eigenvalue weighted by molar-refractivity contribution is -0.128. The highest BCUT2D eigenvalue weighted by Gasteiger charge is 2.22. The molecule has 29 heavy (non-hydrogen) atoms. The van der Waals surface area contributed by atoms with Gasteiger partial charge in [0.2, 0.25) is 11.8 Å². The third-order valence-corrected chi connectivity index (χ3v) is 5.68. The molecule has 0 bridgehead atoms. The van der Waals surface area contributed by atoms with Crippen LogP contribution in [-0.4, -0.2) is 30.8 Å². The molecule has 148 valence electrons. The van der Waals surface area contributed by atoms with Crippen LogP contribution in [0, 0.1) is 0 Å². The Morgan fingerprint density at radius 3 is 2.03 bits per heavy atom. The second-order valence-corrected chi connectivity index (χ2v) is 8.05. The molecule has 0 heterocycles. The van der Waals surface area contributed by atoms with Crippen LogP contribution in [0.2, 0.25) is 0 Å². The molecule has 1 unspecified atom stereocenters. The fourth-order valence-corrected chi connectivity index (χ4v) is 3.83. The zero-order chi connectivity index (χ0) is 20.6. The van der Waals surface area contributed by atoms with Crippen LogP contribution in [0.3, 0.4) is 0 Å². The number of benzene rings is 3. The zero-order valence-corrected chi connectivity index (χ0v) is 17.4. The van der Waals surface area contributed by atoms with Crippen LogP contribution in [-0.2, 0) is 16.0 Å². The normalized spacial score (nSPS) is 11.5. The summed E-state index contributed by atoms with van der Waals surface area (Å²) in [6.07, 6.45) is 0.345. The lowest BCUT2D eigenvalue weighted by atomic mass is 10.1. The Kier molecular flexibility index (Phi) is 7.09. The molecule has 0 aliphatic heterocycles. The molecule has 0 aliphatic rings. The van der Waals surface area contributed by atoms with Crippen molar-refractivity contribution in [3.05, 3.63) is 96.1 Å². The molecule has 1 N–H and O–H groups in total. The van der Waals surface area contributed by atoms with Gasteiger partial charge in [-0.1, -0.05) is 60.7 Å². The first kappa shape index (κ1) is 20.7. The summed E-state index contributed by atoms with van der Waals surface area (Å²) in [6.45, 7) is 0. The van der Waals surface area contributed by atoms with Crippen molar-refractivity contribution < 1.29 is 9.59 Å².